The van der Waals surface area contributed by atoms with Crippen LogP contribution in [0.1, 0.15) is 0 Å². The molecule has 0 bridgehead atoms. The van der Waals surface area contributed by atoms with Gasteiger partial charge in [-0.05, 0) is 22.0 Å². The maximum Gasteiger partial charge on any atom is 0.275 e. The van der Waals surface area contributed by atoms with Crippen molar-refractivity contribution in [1.82, 2.24) is 14.5 Å². The van der Waals surface area contributed by atoms with Crippen LogP contribution in [0.3, 0.4) is 0 Å². The molecule has 2 aromatic heterocycles. The molecule has 0 aliphatic carbocycles. The fourth-order valence-corrected chi connectivity index (χ4v) is 1.55. The van der Waals surface area contributed by atoms with E-state index in [1.54, 1.807) is 4.57 Å². The number of hydrogen-bond donors (Lipinski definition) is 1. The van der Waals surface area contributed by atoms with E-state index in [4.69, 9.17) is 0 Å². The number of hydrogen-bond acceptors (Lipinski definition) is 2. The molecule has 0 spiro atoms. The molecule has 4 nitrogen and oxygen atoms in total. The van der Waals surface area contributed by atoms with Crippen molar-refractivity contribution in [3.63, 3.8) is 0 Å². The van der Waals surface area contributed by atoms with Crippen LogP contribution in [0.5, 0.6) is 0 Å². The van der Waals surface area contributed by atoms with Gasteiger partial charge in [-0.15, -0.1) is 0 Å². The second kappa shape index (κ2) is 2.45. The number of fused-ring (bicyclic) bond motifs is 1. The van der Waals surface area contributed by atoms with E-state index >= 15 is 0 Å². The molecule has 0 amide bonds. The number of nitrogens with zero attached hydrogens (tertiary/aromatic N) is 2. The van der Waals surface area contributed by atoms with Crippen molar-refractivity contribution in [3.8, 4) is 0 Å². The minimum atomic E-state index is -0.117. The first-order valence-electron chi connectivity index (χ1n) is 3.39. The summed E-state index contributed by atoms with van der Waals surface area (Å²) in [5.41, 5.74) is 1.17. The van der Waals surface area contributed by atoms with E-state index in [2.05, 4.69) is 25.9 Å². The number of rotatable bonds is 0. The van der Waals surface area contributed by atoms with Crippen LogP contribution < -0.4 is 5.56 Å². The molecule has 0 atom stereocenters. The van der Waals surface area contributed by atoms with E-state index in [-0.39, 0.29) is 5.56 Å². The van der Waals surface area contributed by atoms with Crippen LogP contribution >= 0.6 is 15.9 Å². The van der Waals surface area contributed by atoms with Gasteiger partial charge in [0, 0.05) is 7.05 Å². The molecule has 0 unspecified atom stereocenters. The average Bonchev–Trinajstić information content (AvgIpc) is 2.29. The SMILES string of the molecule is Cn1c(Br)cc2nc[nH]c(=O)c21. The maximum absolute atomic E-state index is 11.3. The van der Waals surface area contributed by atoms with Gasteiger partial charge < -0.3 is 9.55 Å². The van der Waals surface area contributed by atoms with Crippen LogP contribution in [-0.4, -0.2) is 14.5 Å². The van der Waals surface area contributed by atoms with E-state index in [9.17, 15) is 4.79 Å². The lowest BCUT2D eigenvalue weighted by molar-refractivity contribution is 0.928. The van der Waals surface area contributed by atoms with Crippen LogP contribution in [0.25, 0.3) is 11.0 Å². The molecule has 12 heavy (non-hydrogen) atoms. The summed E-state index contributed by atoms with van der Waals surface area (Å²) in [6.07, 6.45) is 1.40. The van der Waals surface area contributed by atoms with Gasteiger partial charge in [0.25, 0.3) is 5.56 Å². The van der Waals surface area contributed by atoms with Crippen molar-refractivity contribution in [3.05, 3.63) is 27.4 Å². The van der Waals surface area contributed by atoms with Gasteiger partial charge in [-0.3, -0.25) is 4.79 Å². The molecule has 62 valence electrons. The minimum Gasteiger partial charge on any atom is -0.333 e. The highest BCUT2D eigenvalue weighted by Gasteiger charge is 2.06. The van der Waals surface area contributed by atoms with E-state index in [0.717, 1.165) is 4.60 Å². The summed E-state index contributed by atoms with van der Waals surface area (Å²) >= 11 is 3.31. The molecule has 5 heteroatoms. The van der Waals surface area contributed by atoms with E-state index in [0.29, 0.717) is 11.0 Å². The van der Waals surface area contributed by atoms with Crippen molar-refractivity contribution in [2.24, 2.45) is 7.05 Å². The number of H-pyrrole nitrogens is 1. The van der Waals surface area contributed by atoms with Crippen molar-refractivity contribution in [2.45, 2.75) is 0 Å². The predicted octanol–water partition coefficient (Wildman–Crippen LogP) is 1.02. The van der Waals surface area contributed by atoms with Crippen molar-refractivity contribution < 1.29 is 0 Å². The Hall–Kier alpha value is -1.10. The Labute approximate surface area is 76.4 Å². The third kappa shape index (κ3) is 0.896. The normalized spacial score (nSPS) is 10.8. The van der Waals surface area contributed by atoms with E-state index < -0.39 is 0 Å². The Morgan fingerprint density at radius 2 is 2.42 bits per heavy atom. The molecule has 0 aliphatic rings. The molecule has 2 rings (SSSR count). The monoisotopic (exact) mass is 227 g/mol. The van der Waals surface area contributed by atoms with Gasteiger partial charge in [0.2, 0.25) is 0 Å². The van der Waals surface area contributed by atoms with Gasteiger partial charge in [-0.25, -0.2) is 4.98 Å². The van der Waals surface area contributed by atoms with Crippen molar-refractivity contribution >= 4 is 27.0 Å². The number of aromatic nitrogens is 3. The topological polar surface area (TPSA) is 50.7 Å². The van der Waals surface area contributed by atoms with Gasteiger partial charge in [-0.2, -0.15) is 0 Å². The number of aryl methyl sites for hydroxylation is 1. The van der Waals surface area contributed by atoms with Gasteiger partial charge in [0.05, 0.1) is 16.4 Å². The first-order valence-corrected chi connectivity index (χ1v) is 4.18. The van der Waals surface area contributed by atoms with Crippen LogP contribution in [0.4, 0.5) is 0 Å². The highest BCUT2D eigenvalue weighted by molar-refractivity contribution is 9.10. The molecule has 0 saturated carbocycles. The highest BCUT2D eigenvalue weighted by Crippen LogP contribution is 2.16. The molecule has 0 saturated heterocycles. The molecule has 1 N–H and O–H groups in total. The van der Waals surface area contributed by atoms with Gasteiger partial charge in [-0.1, -0.05) is 0 Å². The van der Waals surface area contributed by atoms with Gasteiger partial charge in [0.15, 0.2) is 0 Å². The summed E-state index contributed by atoms with van der Waals surface area (Å²) in [6.45, 7) is 0. The fourth-order valence-electron chi connectivity index (χ4n) is 1.15. The van der Waals surface area contributed by atoms with Crippen LogP contribution in [0, 0.1) is 0 Å². The number of nitrogens with one attached hydrogen (secondary N) is 1. The smallest absolute Gasteiger partial charge is 0.275 e. The lowest BCUT2D eigenvalue weighted by Crippen LogP contribution is -2.09. The first kappa shape index (κ1) is 7.54. The fraction of sp³-hybridized carbons (Fsp3) is 0.143. The van der Waals surface area contributed by atoms with Crippen molar-refractivity contribution in [2.75, 3.05) is 0 Å². The van der Waals surface area contributed by atoms with Crippen LogP contribution in [0.15, 0.2) is 21.8 Å². The quantitative estimate of drug-likeness (QED) is 0.731. The van der Waals surface area contributed by atoms with E-state index in [1.165, 1.54) is 6.33 Å². The Balaban J connectivity index is 3.07. The molecule has 0 fully saturated rings. The Morgan fingerprint density at radius 3 is 3.08 bits per heavy atom. The molecular formula is C7H6BrN3O. The van der Waals surface area contributed by atoms with Crippen LogP contribution in [-0.2, 0) is 7.05 Å². The lowest BCUT2D eigenvalue weighted by atomic mass is 10.5. The summed E-state index contributed by atoms with van der Waals surface area (Å²) in [6, 6.07) is 1.81. The molecule has 0 aromatic carbocycles. The molecule has 2 heterocycles. The van der Waals surface area contributed by atoms with Crippen LogP contribution in [0.2, 0.25) is 0 Å². The summed E-state index contributed by atoms with van der Waals surface area (Å²) < 4.78 is 2.60. The third-order valence-corrected chi connectivity index (χ3v) is 2.53. The second-order valence-corrected chi connectivity index (χ2v) is 3.30. The average molecular weight is 228 g/mol. The zero-order chi connectivity index (χ0) is 8.72. The summed E-state index contributed by atoms with van der Waals surface area (Å²) in [5.74, 6) is 0. The molecule has 2 aromatic rings. The summed E-state index contributed by atoms with van der Waals surface area (Å²) in [5, 5.41) is 0. The Bertz CT molecular complexity index is 485. The zero-order valence-electron chi connectivity index (χ0n) is 6.34. The van der Waals surface area contributed by atoms with E-state index in [1.807, 2.05) is 13.1 Å². The standard InChI is InChI=1S/C7H6BrN3O/c1-11-5(8)2-4-6(11)7(12)10-3-9-4/h2-3H,1H3,(H,9,10,12). The predicted molar refractivity (Wildman–Crippen MR) is 49.0 cm³/mol. The number of halogens is 1. The summed E-state index contributed by atoms with van der Waals surface area (Å²) in [7, 11) is 1.81. The maximum atomic E-state index is 11.3. The second-order valence-electron chi connectivity index (χ2n) is 2.49. The Kier molecular flexibility index (Phi) is 1.54. The summed E-state index contributed by atoms with van der Waals surface area (Å²) in [4.78, 5) is 17.8. The van der Waals surface area contributed by atoms with Crippen molar-refractivity contribution in [1.29, 1.82) is 0 Å². The minimum absolute atomic E-state index is 0.117. The Morgan fingerprint density at radius 1 is 1.67 bits per heavy atom. The number of aromatic amines is 1. The van der Waals surface area contributed by atoms with Gasteiger partial charge in [0.1, 0.15) is 5.52 Å². The molecule has 0 aliphatic heterocycles. The third-order valence-electron chi connectivity index (χ3n) is 1.77. The first-order chi connectivity index (χ1) is 5.70. The molecule has 0 radical (unpaired) electrons. The molecular weight excluding hydrogens is 222 g/mol. The lowest BCUT2D eigenvalue weighted by Gasteiger charge is -1.93. The highest BCUT2D eigenvalue weighted by atomic mass is 79.9. The van der Waals surface area contributed by atoms with Gasteiger partial charge >= 0.3 is 0 Å². The largest absolute Gasteiger partial charge is 0.333 e. The zero-order valence-corrected chi connectivity index (χ0v) is 7.92.